The van der Waals surface area contributed by atoms with E-state index in [2.05, 4.69) is 10.3 Å². The molecule has 8 nitrogen and oxygen atoms in total. The minimum atomic E-state index is -0.336. The molecule has 0 aliphatic carbocycles. The fourth-order valence-electron chi connectivity index (χ4n) is 3.30. The van der Waals surface area contributed by atoms with Gasteiger partial charge in [-0.2, -0.15) is 0 Å². The van der Waals surface area contributed by atoms with Crippen molar-refractivity contribution in [2.75, 3.05) is 20.7 Å². The minimum absolute atomic E-state index is 0.108. The van der Waals surface area contributed by atoms with E-state index in [1.807, 2.05) is 18.0 Å². The van der Waals surface area contributed by atoms with Gasteiger partial charge in [0.15, 0.2) is 0 Å². The van der Waals surface area contributed by atoms with Gasteiger partial charge in [0.05, 0.1) is 24.3 Å². The monoisotopic (exact) mass is 358 g/mol. The number of aryl methyl sites for hydroxylation is 1. The van der Waals surface area contributed by atoms with Crippen LogP contribution < -0.4 is 10.9 Å². The van der Waals surface area contributed by atoms with Crippen LogP contribution >= 0.6 is 0 Å². The Bertz CT molecular complexity index is 879. The molecule has 0 saturated carbocycles. The number of ether oxygens (including phenoxy) is 1. The van der Waals surface area contributed by atoms with Gasteiger partial charge in [0.25, 0.3) is 5.56 Å². The number of hydrogen-bond donors (Lipinski definition) is 1. The number of esters is 1. The molecule has 1 aromatic carbocycles. The Morgan fingerprint density at radius 2 is 2.12 bits per heavy atom. The topological polar surface area (TPSA) is 93.5 Å². The van der Waals surface area contributed by atoms with Crippen LogP contribution in [0, 0.1) is 0 Å². The number of methoxy groups -OCH3 is 1. The standard InChI is InChI=1S/C18H22N4O4/c1-21-10-12(9-15(21)18(25)26-2)20-16(23)7-8-22-11-19-14-6-4-3-5-13(14)17(22)24/h3-6,11-12,15H,7-10H2,1-2H3,(H,20,23)/t12-,15-/m0/s1. The summed E-state index contributed by atoms with van der Waals surface area (Å²) in [5, 5.41) is 3.46. The first-order valence-electron chi connectivity index (χ1n) is 8.51. The Labute approximate surface area is 150 Å². The lowest BCUT2D eigenvalue weighted by atomic mass is 10.1. The Morgan fingerprint density at radius 1 is 1.35 bits per heavy atom. The van der Waals surface area contributed by atoms with Gasteiger partial charge in [-0.3, -0.25) is 23.9 Å². The molecule has 0 bridgehead atoms. The second-order valence-electron chi connectivity index (χ2n) is 6.49. The number of likely N-dealkylation sites (tertiary alicyclic amines) is 1. The molecular formula is C18H22N4O4. The zero-order valence-corrected chi connectivity index (χ0v) is 14.8. The summed E-state index contributed by atoms with van der Waals surface area (Å²) >= 11 is 0. The summed E-state index contributed by atoms with van der Waals surface area (Å²) in [5.74, 6) is -0.452. The molecule has 1 amide bonds. The lowest BCUT2D eigenvalue weighted by Crippen LogP contribution is -2.37. The molecule has 0 unspecified atom stereocenters. The number of amides is 1. The van der Waals surface area contributed by atoms with Crippen molar-refractivity contribution in [2.45, 2.75) is 31.5 Å². The summed E-state index contributed by atoms with van der Waals surface area (Å²) in [6, 6.07) is 6.68. The predicted octanol–water partition coefficient (Wildman–Crippen LogP) is 0.149. The normalized spacial score (nSPS) is 20.2. The Hall–Kier alpha value is -2.74. The Morgan fingerprint density at radius 3 is 2.88 bits per heavy atom. The summed E-state index contributed by atoms with van der Waals surface area (Å²) in [7, 11) is 3.19. The van der Waals surface area contributed by atoms with E-state index in [1.54, 1.807) is 18.2 Å². The number of carbonyl (C=O) groups is 2. The van der Waals surface area contributed by atoms with Gasteiger partial charge >= 0.3 is 5.97 Å². The lowest BCUT2D eigenvalue weighted by Gasteiger charge is -2.15. The molecule has 1 N–H and O–H groups in total. The lowest BCUT2D eigenvalue weighted by molar-refractivity contribution is -0.145. The van der Waals surface area contributed by atoms with Crippen molar-refractivity contribution in [3.8, 4) is 0 Å². The van der Waals surface area contributed by atoms with Gasteiger partial charge in [0, 0.05) is 25.6 Å². The maximum atomic E-state index is 12.4. The van der Waals surface area contributed by atoms with Crippen LogP contribution in [0.4, 0.5) is 0 Å². The van der Waals surface area contributed by atoms with Crippen molar-refractivity contribution in [3.05, 3.63) is 40.9 Å². The number of fused-ring (bicyclic) bond motifs is 1. The SMILES string of the molecule is COC(=O)[C@@H]1C[C@H](NC(=O)CCn2cnc3ccccc3c2=O)CN1C. The summed E-state index contributed by atoms with van der Waals surface area (Å²) in [4.78, 5) is 42.4. The molecule has 1 fully saturated rings. The highest BCUT2D eigenvalue weighted by Gasteiger charge is 2.35. The molecule has 2 aromatic rings. The van der Waals surface area contributed by atoms with Crippen LogP contribution in [-0.2, 0) is 20.9 Å². The van der Waals surface area contributed by atoms with Crippen LogP contribution in [-0.4, -0.2) is 59.1 Å². The quantitative estimate of drug-likeness (QED) is 0.765. The van der Waals surface area contributed by atoms with Crippen molar-refractivity contribution in [1.82, 2.24) is 19.8 Å². The number of likely N-dealkylation sites (N-methyl/N-ethyl adjacent to an activating group) is 1. The number of nitrogens with one attached hydrogen (secondary N) is 1. The van der Waals surface area contributed by atoms with Crippen molar-refractivity contribution >= 4 is 22.8 Å². The molecule has 8 heteroatoms. The first-order chi connectivity index (χ1) is 12.5. The van der Waals surface area contributed by atoms with Crippen LogP contribution in [0.2, 0.25) is 0 Å². The third kappa shape index (κ3) is 3.75. The van der Waals surface area contributed by atoms with Gasteiger partial charge in [0.2, 0.25) is 5.91 Å². The first kappa shape index (κ1) is 18.1. The van der Waals surface area contributed by atoms with Crippen LogP contribution in [0.5, 0.6) is 0 Å². The molecule has 2 heterocycles. The Kier molecular flexibility index (Phi) is 5.32. The fraction of sp³-hybridized carbons (Fsp3) is 0.444. The second-order valence-corrected chi connectivity index (χ2v) is 6.49. The van der Waals surface area contributed by atoms with Gasteiger partial charge < -0.3 is 10.1 Å². The number of carbonyl (C=O) groups excluding carboxylic acids is 2. The number of nitrogens with zero attached hydrogens (tertiary/aromatic N) is 3. The van der Waals surface area contributed by atoms with E-state index in [4.69, 9.17) is 4.74 Å². The van der Waals surface area contributed by atoms with Crippen molar-refractivity contribution in [1.29, 1.82) is 0 Å². The molecule has 2 atom stereocenters. The molecule has 0 spiro atoms. The maximum Gasteiger partial charge on any atom is 0.323 e. The molecule has 1 aliphatic heterocycles. The third-order valence-corrected chi connectivity index (χ3v) is 4.70. The smallest absolute Gasteiger partial charge is 0.323 e. The molecule has 1 aromatic heterocycles. The van der Waals surface area contributed by atoms with E-state index in [-0.39, 0.29) is 42.5 Å². The Balaban J connectivity index is 1.57. The molecule has 1 aliphatic rings. The average molecular weight is 358 g/mol. The van der Waals surface area contributed by atoms with Crippen LogP contribution in [0.1, 0.15) is 12.8 Å². The molecule has 1 saturated heterocycles. The highest BCUT2D eigenvalue weighted by molar-refractivity contribution is 5.79. The molecule has 3 rings (SSSR count). The van der Waals surface area contributed by atoms with Crippen LogP contribution in [0.25, 0.3) is 10.9 Å². The van der Waals surface area contributed by atoms with Crippen molar-refractivity contribution in [2.24, 2.45) is 0 Å². The van der Waals surface area contributed by atoms with Gasteiger partial charge in [0.1, 0.15) is 6.04 Å². The highest BCUT2D eigenvalue weighted by atomic mass is 16.5. The molecule has 0 radical (unpaired) electrons. The van der Waals surface area contributed by atoms with Crippen molar-refractivity contribution in [3.63, 3.8) is 0 Å². The molecular weight excluding hydrogens is 336 g/mol. The van der Waals surface area contributed by atoms with Gasteiger partial charge in [-0.05, 0) is 25.6 Å². The largest absolute Gasteiger partial charge is 0.468 e. The van der Waals surface area contributed by atoms with E-state index >= 15 is 0 Å². The van der Waals surface area contributed by atoms with Gasteiger partial charge in [-0.15, -0.1) is 0 Å². The maximum absolute atomic E-state index is 12.4. The molecule has 138 valence electrons. The zero-order valence-electron chi connectivity index (χ0n) is 14.8. The van der Waals surface area contributed by atoms with Gasteiger partial charge in [-0.25, -0.2) is 4.98 Å². The highest BCUT2D eigenvalue weighted by Crippen LogP contribution is 2.17. The zero-order chi connectivity index (χ0) is 18.7. The van der Waals surface area contributed by atoms with Crippen molar-refractivity contribution < 1.29 is 14.3 Å². The van der Waals surface area contributed by atoms with E-state index in [0.717, 1.165) is 0 Å². The van der Waals surface area contributed by atoms with E-state index in [1.165, 1.54) is 18.0 Å². The fourth-order valence-corrected chi connectivity index (χ4v) is 3.30. The second kappa shape index (κ2) is 7.65. The predicted molar refractivity (Wildman–Crippen MR) is 95.6 cm³/mol. The number of aromatic nitrogens is 2. The summed E-state index contributed by atoms with van der Waals surface area (Å²) in [6.07, 6.45) is 2.16. The first-order valence-corrected chi connectivity index (χ1v) is 8.51. The summed E-state index contributed by atoms with van der Waals surface area (Å²) in [6.45, 7) is 0.842. The number of rotatable bonds is 5. The number of hydrogen-bond acceptors (Lipinski definition) is 6. The van der Waals surface area contributed by atoms with E-state index < -0.39 is 0 Å². The summed E-state index contributed by atoms with van der Waals surface area (Å²) in [5.41, 5.74) is 0.482. The number of benzene rings is 1. The summed E-state index contributed by atoms with van der Waals surface area (Å²) < 4.78 is 6.22. The minimum Gasteiger partial charge on any atom is -0.468 e. The van der Waals surface area contributed by atoms with E-state index in [0.29, 0.717) is 23.9 Å². The van der Waals surface area contributed by atoms with Crippen LogP contribution in [0.3, 0.4) is 0 Å². The molecule has 26 heavy (non-hydrogen) atoms. The average Bonchev–Trinajstić information content (AvgIpc) is 3.00. The third-order valence-electron chi connectivity index (χ3n) is 4.70. The number of para-hydroxylation sites is 1. The van der Waals surface area contributed by atoms with E-state index in [9.17, 15) is 14.4 Å². The van der Waals surface area contributed by atoms with Crippen LogP contribution in [0.15, 0.2) is 35.4 Å². The van der Waals surface area contributed by atoms with Gasteiger partial charge in [-0.1, -0.05) is 12.1 Å².